The molecular formula is C21H21F5N4O4. The van der Waals surface area contributed by atoms with E-state index in [1.807, 2.05) is 0 Å². The molecule has 8 nitrogen and oxygen atoms in total. The van der Waals surface area contributed by atoms with Crippen molar-refractivity contribution < 1.29 is 41.0 Å². The highest BCUT2D eigenvalue weighted by Gasteiger charge is 2.49. The molecule has 1 fully saturated rings. The van der Waals surface area contributed by atoms with E-state index in [0.717, 1.165) is 17.0 Å². The van der Waals surface area contributed by atoms with E-state index < -0.39 is 48.9 Å². The minimum atomic E-state index is -4.85. The Morgan fingerprint density at radius 1 is 1.26 bits per heavy atom. The largest absolute Gasteiger partial charge is 0.573 e. The lowest BCUT2D eigenvalue weighted by Crippen LogP contribution is -2.33. The molecule has 0 unspecified atom stereocenters. The van der Waals surface area contributed by atoms with Gasteiger partial charge in [0, 0.05) is 19.8 Å². The van der Waals surface area contributed by atoms with Crippen LogP contribution in [0.2, 0.25) is 0 Å². The summed E-state index contributed by atoms with van der Waals surface area (Å²) in [6.07, 6.45) is -3.91. The minimum absolute atomic E-state index is 0.0390. The van der Waals surface area contributed by atoms with Crippen molar-refractivity contribution in [1.29, 1.82) is 0 Å². The summed E-state index contributed by atoms with van der Waals surface area (Å²) in [5, 5.41) is 2.39. The number of likely N-dealkylation sites (tertiary alicyclic amines) is 1. The summed E-state index contributed by atoms with van der Waals surface area (Å²) in [6, 6.07) is 5.86. The van der Waals surface area contributed by atoms with Crippen molar-refractivity contribution in [2.75, 3.05) is 32.5 Å². The van der Waals surface area contributed by atoms with Gasteiger partial charge in [-0.1, -0.05) is 12.1 Å². The molecule has 1 saturated heterocycles. The highest BCUT2D eigenvalue weighted by Crippen LogP contribution is 2.34. The van der Waals surface area contributed by atoms with Gasteiger partial charge in [-0.3, -0.25) is 9.59 Å². The number of hydrogen-bond donors (Lipinski definition) is 2. The van der Waals surface area contributed by atoms with E-state index in [0.29, 0.717) is 5.56 Å². The molecule has 0 bridgehead atoms. The Kier molecular flexibility index (Phi) is 7.12. The normalized spacial score (nSPS) is 17.4. The number of nitrogens with two attached hydrogens (primary N) is 1. The number of halogens is 5. The number of benzene rings is 1. The maximum Gasteiger partial charge on any atom is 0.573 e. The van der Waals surface area contributed by atoms with Crippen LogP contribution in [0, 0.1) is 5.92 Å². The Hall–Kier alpha value is -3.64. The van der Waals surface area contributed by atoms with Crippen LogP contribution in [0.4, 0.5) is 27.8 Å². The number of alkyl halides is 5. The van der Waals surface area contributed by atoms with Crippen molar-refractivity contribution in [2.45, 2.75) is 18.7 Å². The molecule has 0 saturated carbocycles. The first kappa shape index (κ1) is 25.0. The zero-order chi connectivity index (χ0) is 25.1. The number of nitrogens with zero attached hydrogens (tertiary/aromatic N) is 2. The minimum Gasteiger partial charge on any atom is -0.489 e. The van der Waals surface area contributed by atoms with Crippen molar-refractivity contribution >= 4 is 17.6 Å². The van der Waals surface area contributed by atoms with Gasteiger partial charge in [-0.25, -0.2) is 13.8 Å². The summed E-state index contributed by atoms with van der Waals surface area (Å²) >= 11 is 0. The molecule has 2 amide bonds. The molecule has 0 spiro atoms. The first-order valence-corrected chi connectivity index (χ1v) is 9.98. The molecule has 1 aromatic carbocycles. The summed E-state index contributed by atoms with van der Waals surface area (Å²) in [6.45, 7) is -1.62. The van der Waals surface area contributed by atoms with Crippen LogP contribution in [0.5, 0.6) is 11.5 Å². The molecule has 3 rings (SSSR count). The van der Waals surface area contributed by atoms with Crippen molar-refractivity contribution in [1.82, 2.24) is 15.2 Å². The van der Waals surface area contributed by atoms with Crippen molar-refractivity contribution in [3.8, 4) is 11.5 Å². The molecule has 3 N–H and O–H groups in total. The lowest BCUT2D eigenvalue weighted by molar-refractivity contribution is -0.274. The van der Waals surface area contributed by atoms with Gasteiger partial charge < -0.3 is 25.4 Å². The van der Waals surface area contributed by atoms with Crippen LogP contribution in [0.15, 0.2) is 36.5 Å². The van der Waals surface area contributed by atoms with Gasteiger partial charge in [0.2, 0.25) is 5.91 Å². The smallest absolute Gasteiger partial charge is 0.489 e. The molecule has 184 valence electrons. The maximum absolute atomic E-state index is 14.5. The number of rotatable bonds is 7. The van der Waals surface area contributed by atoms with E-state index in [-0.39, 0.29) is 30.1 Å². The molecule has 1 atom stereocenters. The lowest BCUT2D eigenvalue weighted by Gasteiger charge is -2.18. The Morgan fingerprint density at radius 3 is 2.56 bits per heavy atom. The third-order valence-electron chi connectivity index (χ3n) is 5.12. The predicted octanol–water partition coefficient (Wildman–Crippen LogP) is 2.64. The van der Waals surface area contributed by atoms with E-state index >= 15 is 0 Å². The van der Waals surface area contributed by atoms with Gasteiger partial charge >= 0.3 is 6.36 Å². The first-order valence-electron chi connectivity index (χ1n) is 9.98. The van der Waals surface area contributed by atoms with Crippen molar-refractivity contribution in [2.24, 2.45) is 5.92 Å². The Bertz CT molecular complexity index is 1050. The monoisotopic (exact) mass is 488 g/mol. The van der Waals surface area contributed by atoms with Gasteiger partial charge in [-0.05, 0) is 23.8 Å². The molecule has 1 aliphatic rings. The SMILES string of the molecule is CNC(=O)c1cnc(N)c(OC[C@@H]2CN(C(=O)Cc3ccc(OC(F)(F)F)cc3)CC2(F)F)c1. The number of ether oxygens (including phenoxy) is 2. The number of anilines is 1. The van der Waals surface area contributed by atoms with Crippen LogP contribution in [0.3, 0.4) is 0 Å². The number of amides is 2. The number of carbonyl (C=O) groups is 2. The average Bonchev–Trinajstić information content (AvgIpc) is 3.07. The molecule has 13 heteroatoms. The van der Waals surface area contributed by atoms with Gasteiger partial charge in [0.15, 0.2) is 11.6 Å². The van der Waals surface area contributed by atoms with Gasteiger partial charge in [0.05, 0.1) is 31.1 Å². The fourth-order valence-electron chi connectivity index (χ4n) is 3.34. The summed E-state index contributed by atoms with van der Waals surface area (Å²) in [4.78, 5) is 29.0. The van der Waals surface area contributed by atoms with Gasteiger partial charge in [0.1, 0.15) is 5.75 Å². The van der Waals surface area contributed by atoms with Crippen molar-refractivity contribution in [3.05, 3.63) is 47.7 Å². The quantitative estimate of drug-likeness (QED) is 0.581. The summed E-state index contributed by atoms with van der Waals surface area (Å²) in [7, 11) is 1.41. The Balaban J connectivity index is 1.60. The highest BCUT2D eigenvalue weighted by atomic mass is 19.4. The lowest BCUT2D eigenvalue weighted by atomic mass is 10.1. The predicted molar refractivity (Wildman–Crippen MR) is 109 cm³/mol. The van der Waals surface area contributed by atoms with E-state index in [1.165, 1.54) is 31.4 Å². The van der Waals surface area contributed by atoms with Crippen LogP contribution in [0.25, 0.3) is 0 Å². The zero-order valence-electron chi connectivity index (χ0n) is 17.9. The van der Waals surface area contributed by atoms with E-state index in [4.69, 9.17) is 10.5 Å². The molecule has 0 radical (unpaired) electrons. The second-order valence-electron chi connectivity index (χ2n) is 7.60. The fourth-order valence-corrected chi connectivity index (χ4v) is 3.34. The zero-order valence-corrected chi connectivity index (χ0v) is 17.9. The number of pyridine rings is 1. The Labute approximate surface area is 190 Å². The number of carbonyl (C=O) groups excluding carboxylic acids is 2. The average molecular weight is 488 g/mol. The number of nitrogen functional groups attached to an aromatic ring is 1. The number of aromatic nitrogens is 1. The molecule has 1 aliphatic heterocycles. The van der Waals surface area contributed by atoms with Crippen LogP contribution >= 0.6 is 0 Å². The van der Waals surface area contributed by atoms with E-state index in [2.05, 4.69) is 15.0 Å². The van der Waals surface area contributed by atoms with Crippen molar-refractivity contribution in [3.63, 3.8) is 0 Å². The van der Waals surface area contributed by atoms with Gasteiger partial charge in [-0.15, -0.1) is 13.2 Å². The summed E-state index contributed by atoms with van der Waals surface area (Å²) in [5.74, 6) is -6.25. The summed E-state index contributed by atoms with van der Waals surface area (Å²) in [5.41, 5.74) is 6.17. The van der Waals surface area contributed by atoms with Gasteiger partial charge in [-0.2, -0.15) is 0 Å². The third-order valence-corrected chi connectivity index (χ3v) is 5.12. The highest BCUT2D eigenvalue weighted by molar-refractivity contribution is 5.94. The van der Waals surface area contributed by atoms with E-state index in [1.54, 1.807) is 0 Å². The number of hydrogen-bond acceptors (Lipinski definition) is 6. The van der Waals surface area contributed by atoms with Crippen LogP contribution in [0.1, 0.15) is 15.9 Å². The van der Waals surface area contributed by atoms with Gasteiger partial charge in [0.25, 0.3) is 11.8 Å². The molecule has 2 heterocycles. The third kappa shape index (κ3) is 6.23. The van der Waals surface area contributed by atoms with Crippen LogP contribution in [-0.2, 0) is 11.2 Å². The summed E-state index contributed by atoms with van der Waals surface area (Å²) < 4.78 is 74.9. The second-order valence-corrected chi connectivity index (χ2v) is 7.60. The maximum atomic E-state index is 14.5. The molecule has 1 aromatic heterocycles. The Morgan fingerprint density at radius 2 is 1.94 bits per heavy atom. The standard InChI is InChI=1S/C21H21F5N4O4/c1-28-19(32)13-7-16(18(27)29-8-13)33-10-14-9-30(11-20(14,22)23)17(31)6-12-2-4-15(5-3-12)34-21(24,25)26/h2-5,7-8,14H,6,9-11H2,1H3,(H2,27,29)(H,28,32)/t14-/m0/s1. The fraction of sp³-hybridized carbons (Fsp3) is 0.381. The molecule has 0 aliphatic carbocycles. The topological polar surface area (TPSA) is 107 Å². The molecule has 34 heavy (non-hydrogen) atoms. The van der Waals surface area contributed by atoms with Crippen LogP contribution in [-0.4, -0.2) is 60.7 Å². The first-order chi connectivity index (χ1) is 15.9. The molecular weight excluding hydrogens is 467 g/mol. The molecule has 2 aromatic rings. The van der Waals surface area contributed by atoms with Crippen LogP contribution < -0.4 is 20.5 Å². The number of nitrogens with one attached hydrogen (secondary N) is 1. The second kappa shape index (κ2) is 9.69. The van der Waals surface area contributed by atoms with E-state index in [9.17, 15) is 31.5 Å².